The topological polar surface area (TPSA) is 69.6 Å². The Labute approximate surface area is 107 Å². The van der Waals surface area contributed by atoms with Crippen LogP contribution >= 0.6 is 43.5 Å². The monoisotopic (exact) mass is 351 g/mol. The lowest BCUT2D eigenvalue weighted by atomic mass is 10.4. The average Bonchev–Trinajstić information content (AvgIpc) is 2.45. The van der Waals surface area contributed by atoms with Crippen molar-refractivity contribution in [1.29, 1.82) is 0 Å². The molecule has 2 heterocycles. The maximum Gasteiger partial charge on any atom is 0.240 e. The molecular weight excluding hydrogens is 349 g/mol. The van der Waals surface area contributed by atoms with Gasteiger partial charge in [0.1, 0.15) is 0 Å². The highest BCUT2D eigenvalue weighted by atomic mass is 79.9. The van der Waals surface area contributed by atoms with Crippen molar-refractivity contribution in [1.82, 2.24) is 19.7 Å². The van der Waals surface area contributed by atoms with Crippen LogP contribution in [0.25, 0.3) is 5.82 Å². The van der Waals surface area contributed by atoms with E-state index >= 15 is 0 Å². The minimum absolute atomic E-state index is 0.155. The summed E-state index contributed by atoms with van der Waals surface area (Å²) in [6.45, 7) is 0. The maximum absolute atomic E-state index is 6.00. The Morgan fingerprint density at radius 2 is 2.13 bits per heavy atom. The largest absolute Gasteiger partial charge is 0.366 e. The van der Waals surface area contributed by atoms with Gasteiger partial charge in [-0.1, -0.05) is 11.6 Å². The zero-order valence-corrected chi connectivity index (χ0v) is 11.1. The van der Waals surface area contributed by atoms with E-state index in [1.807, 2.05) is 0 Å². The Hall–Kier alpha value is -0.660. The summed E-state index contributed by atoms with van der Waals surface area (Å²) in [5.74, 6) is 0.624. The van der Waals surface area contributed by atoms with E-state index in [-0.39, 0.29) is 5.95 Å². The van der Waals surface area contributed by atoms with Gasteiger partial charge in [0.15, 0.2) is 5.82 Å². The number of anilines is 1. The van der Waals surface area contributed by atoms with E-state index in [4.69, 9.17) is 17.3 Å². The number of nitrogens with zero attached hydrogens (tertiary/aromatic N) is 4. The minimum atomic E-state index is 0.155. The molecule has 78 valence electrons. The molecule has 0 saturated carbocycles. The van der Waals surface area contributed by atoms with Gasteiger partial charge in [-0.15, -0.1) is 5.10 Å². The fourth-order valence-electron chi connectivity index (χ4n) is 1.01. The van der Waals surface area contributed by atoms with Gasteiger partial charge in [0.25, 0.3) is 0 Å². The van der Waals surface area contributed by atoms with Crippen LogP contribution in [0.2, 0.25) is 5.02 Å². The van der Waals surface area contributed by atoms with Crippen LogP contribution in [-0.4, -0.2) is 19.7 Å². The molecule has 2 aromatic heterocycles. The van der Waals surface area contributed by atoms with E-state index in [9.17, 15) is 0 Å². The molecule has 0 atom stereocenters. The lowest BCUT2D eigenvalue weighted by molar-refractivity contribution is 0.827. The molecule has 0 bridgehead atoms. The van der Waals surface area contributed by atoms with E-state index in [0.29, 0.717) is 15.6 Å². The summed E-state index contributed by atoms with van der Waals surface area (Å²) in [7, 11) is 0. The lowest BCUT2D eigenvalue weighted by Crippen LogP contribution is -2.01. The molecule has 5 nitrogen and oxygen atoms in total. The first-order valence-electron chi connectivity index (χ1n) is 3.77. The summed E-state index contributed by atoms with van der Waals surface area (Å²) < 4.78 is 2.67. The van der Waals surface area contributed by atoms with Crippen LogP contribution < -0.4 is 5.73 Å². The van der Waals surface area contributed by atoms with Gasteiger partial charge >= 0.3 is 0 Å². The normalized spacial score (nSPS) is 10.6. The Kier molecular flexibility index (Phi) is 2.94. The highest BCUT2D eigenvalue weighted by molar-refractivity contribution is 9.10. The fraction of sp³-hybridized carbons (Fsp3) is 0. The predicted molar refractivity (Wildman–Crippen MR) is 64.0 cm³/mol. The van der Waals surface area contributed by atoms with Crippen LogP contribution in [0.15, 0.2) is 21.5 Å². The number of hydrogen-bond acceptors (Lipinski definition) is 4. The van der Waals surface area contributed by atoms with E-state index < -0.39 is 0 Å². The van der Waals surface area contributed by atoms with Crippen LogP contribution in [0, 0.1) is 0 Å². The van der Waals surface area contributed by atoms with E-state index in [1.165, 1.54) is 4.68 Å². The molecule has 2 rings (SSSR count). The number of hydrogen-bond donors (Lipinski definition) is 1. The number of rotatable bonds is 1. The maximum atomic E-state index is 6.00. The second-order valence-corrected chi connectivity index (χ2v) is 4.64. The fourth-order valence-corrected chi connectivity index (χ4v) is 2.14. The second-order valence-electron chi connectivity index (χ2n) is 2.61. The summed E-state index contributed by atoms with van der Waals surface area (Å²) in [6, 6.07) is 1.72. The molecule has 0 unspecified atom stereocenters. The molecule has 2 aromatic rings. The molecule has 8 heteroatoms. The molecule has 0 fully saturated rings. The van der Waals surface area contributed by atoms with Gasteiger partial charge in [-0.25, -0.2) is 4.98 Å². The van der Waals surface area contributed by atoms with Crippen molar-refractivity contribution in [3.05, 3.63) is 26.5 Å². The highest BCUT2D eigenvalue weighted by Gasteiger charge is 2.11. The summed E-state index contributed by atoms with van der Waals surface area (Å²) in [4.78, 5) is 8.01. The van der Waals surface area contributed by atoms with Crippen molar-refractivity contribution >= 4 is 49.4 Å². The Balaban J connectivity index is 2.59. The van der Waals surface area contributed by atoms with Crippen LogP contribution in [0.4, 0.5) is 5.95 Å². The van der Waals surface area contributed by atoms with Crippen LogP contribution in [0.5, 0.6) is 0 Å². The SMILES string of the molecule is Nc1nc(Br)n(-c2ncc(Br)cc2Cl)n1. The smallest absolute Gasteiger partial charge is 0.240 e. The molecule has 0 aliphatic heterocycles. The molecule has 0 aromatic carbocycles. The van der Waals surface area contributed by atoms with Gasteiger partial charge in [-0.3, -0.25) is 0 Å². The number of pyridine rings is 1. The van der Waals surface area contributed by atoms with Crippen molar-refractivity contribution in [2.75, 3.05) is 5.73 Å². The third kappa shape index (κ3) is 2.14. The third-order valence-electron chi connectivity index (χ3n) is 1.57. The molecule has 0 aliphatic rings. The average molecular weight is 353 g/mol. The zero-order chi connectivity index (χ0) is 11.0. The molecule has 0 aliphatic carbocycles. The van der Waals surface area contributed by atoms with Crippen molar-refractivity contribution in [3.63, 3.8) is 0 Å². The van der Waals surface area contributed by atoms with Crippen LogP contribution in [0.1, 0.15) is 0 Å². The zero-order valence-electron chi connectivity index (χ0n) is 7.15. The van der Waals surface area contributed by atoms with Crippen LogP contribution in [-0.2, 0) is 0 Å². The molecule has 0 saturated heterocycles. The predicted octanol–water partition coefficient (Wildman–Crippen LogP) is 2.42. The Morgan fingerprint density at radius 1 is 1.40 bits per heavy atom. The first-order chi connectivity index (χ1) is 7.08. The Bertz CT molecular complexity index is 512. The van der Waals surface area contributed by atoms with Crippen molar-refractivity contribution in [2.24, 2.45) is 0 Å². The van der Waals surface area contributed by atoms with Crippen molar-refractivity contribution in [2.45, 2.75) is 0 Å². The molecule has 0 radical (unpaired) electrons. The van der Waals surface area contributed by atoms with Gasteiger partial charge in [0.05, 0.1) is 5.02 Å². The Morgan fingerprint density at radius 3 is 2.67 bits per heavy atom. The summed E-state index contributed by atoms with van der Waals surface area (Å²) in [5, 5.41) is 4.40. The van der Waals surface area contributed by atoms with Crippen molar-refractivity contribution < 1.29 is 0 Å². The van der Waals surface area contributed by atoms with E-state index in [2.05, 4.69) is 46.9 Å². The van der Waals surface area contributed by atoms with Gasteiger partial charge in [-0.05, 0) is 37.9 Å². The summed E-state index contributed by atoms with van der Waals surface area (Å²) >= 11 is 12.5. The first kappa shape index (κ1) is 10.8. The van der Waals surface area contributed by atoms with E-state index in [1.54, 1.807) is 12.3 Å². The second kappa shape index (κ2) is 4.07. The standard InChI is InChI=1S/C7H4Br2ClN5/c8-3-1-4(10)5(12-2-3)15-6(9)13-7(11)14-15/h1-2H,(H2,11,14). The first-order valence-corrected chi connectivity index (χ1v) is 5.74. The minimum Gasteiger partial charge on any atom is -0.366 e. The van der Waals surface area contributed by atoms with Gasteiger partial charge in [0, 0.05) is 10.7 Å². The summed E-state index contributed by atoms with van der Waals surface area (Å²) in [6.07, 6.45) is 1.62. The summed E-state index contributed by atoms with van der Waals surface area (Å²) in [5.41, 5.74) is 5.44. The molecule has 0 amide bonds. The van der Waals surface area contributed by atoms with Gasteiger partial charge < -0.3 is 5.73 Å². The lowest BCUT2D eigenvalue weighted by Gasteiger charge is -2.03. The molecule has 15 heavy (non-hydrogen) atoms. The van der Waals surface area contributed by atoms with Crippen LogP contribution in [0.3, 0.4) is 0 Å². The number of nitrogens with two attached hydrogens (primary N) is 1. The molecule has 2 N–H and O–H groups in total. The number of nitrogen functional groups attached to an aromatic ring is 1. The van der Waals surface area contributed by atoms with Gasteiger partial charge in [0.2, 0.25) is 10.7 Å². The number of aromatic nitrogens is 4. The third-order valence-corrected chi connectivity index (χ3v) is 2.80. The van der Waals surface area contributed by atoms with E-state index in [0.717, 1.165) is 4.47 Å². The number of halogens is 3. The van der Waals surface area contributed by atoms with Gasteiger partial charge in [-0.2, -0.15) is 9.67 Å². The highest BCUT2D eigenvalue weighted by Crippen LogP contribution is 2.24. The van der Waals surface area contributed by atoms with Crippen molar-refractivity contribution in [3.8, 4) is 5.82 Å². The molecule has 0 spiro atoms. The molecular formula is C7H4Br2ClN5. The quantitative estimate of drug-likeness (QED) is 0.855.